The number of benzene rings is 2. The fourth-order valence-electron chi connectivity index (χ4n) is 4.98. The van der Waals surface area contributed by atoms with Crippen molar-refractivity contribution in [2.24, 2.45) is 17.6 Å². The van der Waals surface area contributed by atoms with Gasteiger partial charge in [-0.15, -0.1) is 0 Å². The minimum atomic E-state index is -1.02. The van der Waals surface area contributed by atoms with Crippen molar-refractivity contribution in [2.45, 2.75) is 65.5 Å². The second-order valence-corrected chi connectivity index (χ2v) is 12.7. The summed E-state index contributed by atoms with van der Waals surface area (Å²) in [6.07, 6.45) is 0.122. The number of ketones is 1. The zero-order chi connectivity index (χ0) is 41.8. The van der Waals surface area contributed by atoms with Crippen molar-refractivity contribution in [1.29, 1.82) is 0 Å². The van der Waals surface area contributed by atoms with Crippen molar-refractivity contribution in [3.8, 4) is 5.75 Å². The molecule has 0 radical (unpaired) electrons. The average molecular weight is 792 g/mol. The Balaban J connectivity index is 1.82. The molecule has 2 aromatic carbocycles. The Morgan fingerprint density at radius 3 is 2.04 bits per heavy atom. The number of amides is 4. The lowest BCUT2D eigenvalue weighted by atomic mass is 9.89. The molecule has 0 fully saturated rings. The molecule has 0 spiro atoms. The average Bonchev–Trinajstić information content (AvgIpc) is 3.17. The van der Waals surface area contributed by atoms with Gasteiger partial charge in [-0.3, -0.25) is 24.5 Å². The number of nitrogens with one attached hydrogen (secondary N) is 3. The molecule has 2 rings (SSSR count). The van der Waals surface area contributed by atoms with Crippen LogP contribution in [0, 0.1) is 22.0 Å². The van der Waals surface area contributed by atoms with Crippen LogP contribution in [0.5, 0.6) is 5.75 Å². The molecule has 18 nitrogen and oxygen atoms in total. The van der Waals surface area contributed by atoms with E-state index < -0.39 is 35.0 Å². The van der Waals surface area contributed by atoms with Gasteiger partial charge in [0.15, 0.2) is 5.78 Å². The number of Topliss-reactive ketones (excluding diaryl/α,β-unsaturated/α-hetero) is 1. The van der Waals surface area contributed by atoms with E-state index in [1.54, 1.807) is 38.1 Å². The Kier molecular flexibility index (Phi) is 22.1. The van der Waals surface area contributed by atoms with Crippen LogP contribution in [0.25, 0.3) is 0 Å². The molecule has 0 aromatic heterocycles. The fraction of sp³-hybridized carbons (Fsp3) is 0.553. The van der Waals surface area contributed by atoms with Crippen LogP contribution in [0.3, 0.4) is 0 Å². The lowest BCUT2D eigenvalue weighted by Gasteiger charge is -2.24. The molecule has 0 saturated heterocycles. The van der Waals surface area contributed by atoms with Gasteiger partial charge >= 0.3 is 12.2 Å². The molecule has 0 aliphatic rings. The summed E-state index contributed by atoms with van der Waals surface area (Å²) in [5.74, 6) is -2.15. The Morgan fingerprint density at radius 2 is 1.46 bits per heavy atom. The van der Waals surface area contributed by atoms with Gasteiger partial charge in [-0.1, -0.05) is 32.9 Å². The van der Waals surface area contributed by atoms with E-state index >= 15 is 0 Å². The highest BCUT2D eigenvalue weighted by atomic mass is 16.7. The number of rotatable bonds is 29. The number of nitro benzene ring substituents is 1. The first-order chi connectivity index (χ1) is 27.4. The van der Waals surface area contributed by atoms with Crippen LogP contribution in [0.2, 0.25) is 0 Å². The molecular formula is C38H55N5O13. The number of nitrogens with zero attached hydrogens (tertiary/aromatic N) is 1. The number of carbonyl (C=O) groups excluding carboxylic acids is 5. The van der Waals surface area contributed by atoms with Crippen LogP contribution < -0.4 is 26.4 Å². The van der Waals surface area contributed by atoms with E-state index in [4.69, 9.17) is 35.5 Å². The number of nitro groups is 1. The Labute approximate surface area is 328 Å². The summed E-state index contributed by atoms with van der Waals surface area (Å²) < 4.78 is 38.8. The summed E-state index contributed by atoms with van der Waals surface area (Å²) in [6.45, 7) is 6.92. The first-order valence-electron chi connectivity index (χ1n) is 19.0. The van der Waals surface area contributed by atoms with Crippen LogP contribution in [0.1, 0.15) is 59.8 Å². The molecular weight excluding hydrogens is 734 g/mol. The molecule has 4 amide bonds. The molecule has 310 valence electrons. The van der Waals surface area contributed by atoms with Gasteiger partial charge in [-0.2, -0.15) is 0 Å². The summed E-state index contributed by atoms with van der Waals surface area (Å²) in [7, 11) is 0. The van der Waals surface area contributed by atoms with Gasteiger partial charge in [0.1, 0.15) is 12.4 Å². The van der Waals surface area contributed by atoms with Gasteiger partial charge in [0, 0.05) is 51.1 Å². The smallest absolute Gasteiger partial charge is 0.429 e. The molecule has 5 N–H and O–H groups in total. The summed E-state index contributed by atoms with van der Waals surface area (Å²) >= 11 is 0. The summed E-state index contributed by atoms with van der Waals surface area (Å²) in [5.41, 5.74) is 5.99. The summed E-state index contributed by atoms with van der Waals surface area (Å²) in [4.78, 5) is 73.2. The third-order valence-corrected chi connectivity index (χ3v) is 7.88. The normalized spacial score (nSPS) is 12.2. The van der Waals surface area contributed by atoms with Crippen LogP contribution in [0.15, 0.2) is 48.5 Å². The predicted molar refractivity (Wildman–Crippen MR) is 204 cm³/mol. The molecule has 0 aliphatic carbocycles. The monoisotopic (exact) mass is 791 g/mol. The number of carbonyl (C=O) groups is 5. The second kappa shape index (κ2) is 27.4. The number of nitrogens with two attached hydrogens (primary N) is 1. The number of ether oxygens (including phenoxy) is 6. The highest BCUT2D eigenvalue weighted by molar-refractivity contribution is 5.97. The summed E-state index contributed by atoms with van der Waals surface area (Å²) in [5, 5.41) is 18.8. The van der Waals surface area contributed by atoms with Crippen molar-refractivity contribution in [3.63, 3.8) is 0 Å². The van der Waals surface area contributed by atoms with E-state index in [0.29, 0.717) is 70.6 Å². The highest BCUT2D eigenvalue weighted by Crippen LogP contribution is 2.21. The highest BCUT2D eigenvalue weighted by Gasteiger charge is 2.29. The Morgan fingerprint density at radius 1 is 0.857 bits per heavy atom. The number of anilines is 1. The van der Waals surface area contributed by atoms with Gasteiger partial charge < -0.3 is 50.1 Å². The maximum absolute atomic E-state index is 13.5. The minimum Gasteiger partial charge on any atom is -0.429 e. The quantitative estimate of drug-likeness (QED) is 0.0296. The third kappa shape index (κ3) is 20.5. The van der Waals surface area contributed by atoms with Crippen molar-refractivity contribution in [2.75, 3.05) is 64.7 Å². The minimum absolute atomic E-state index is 0.0184. The van der Waals surface area contributed by atoms with Crippen LogP contribution in [-0.2, 0) is 44.7 Å². The van der Waals surface area contributed by atoms with Crippen LogP contribution >= 0.6 is 0 Å². The van der Waals surface area contributed by atoms with Gasteiger partial charge in [0.05, 0.1) is 57.2 Å². The van der Waals surface area contributed by atoms with Crippen molar-refractivity contribution >= 4 is 41.2 Å². The maximum Gasteiger partial charge on any atom is 0.514 e. The first-order valence-corrected chi connectivity index (χ1v) is 18.3. The largest absolute Gasteiger partial charge is 0.514 e. The molecule has 0 heterocycles. The Hall–Kier alpha value is -5.17. The number of primary amides is 1. The molecule has 56 heavy (non-hydrogen) atoms. The van der Waals surface area contributed by atoms with Crippen LogP contribution in [-0.4, -0.2) is 100 Å². The zero-order valence-electron chi connectivity index (χ0n) is 33.0. The SMILES string of the molecule is [3H]CCCOCCOCCOCCOCCC(=O)N[C@H](C(=O)C[C@@H](CCCNC(N)=O)C(=O)Nc1ccc(COC(=O)Oc2ccc([N+](=O)[O-])cc2)cc1)C(C)C. The number of urea groups is 1. The lowest BCUT2D eigenvalue weighted by molar-refractivity contribution is -0.384. The lowest BCUT2D eigenvalue weighted by Crippen LogP contribution is -2.45. The maximum atomic E-state index is 13.5. The first kappa shape index (κ1) is 45.2. The summed E-state index contributed by atoms with van der Waals surface area (Å²) in [6, 6.07) is 9.77. The number of non-ortho nitro benzene ring substituents is 1. The molecule has 0 aliphatic heterocycles. The second-order valence-electron chi connectivity index (χ2n) is 12.7. The standard InChI is InChI=1S/C38H55N5O13/c1-4-17-51-19-21-53-23-24-54-22-20-52-18-15-34(45)42-35(27(2)3)33(44)25-29(6-5-16-40-37(39)47)36(46)41-30-9-7-28(8-10-30)26-55-38(48)56-32-13-11-31(12-14-32)43(49)50/h7-14,27,29,35H,4-6,15-26H2,1-3H3,(H,41,46)(H,42,45)(H3,39,40,47)/t29-,35+/m1/s1/i1T. The molecule has 0 saturated carbocycles. The van der Waals surface area contributed by atoms with E-state index in [1.807, 2.05) is 0 Å². The van der Waals surface area contributed by atoms with E-state index in [9.17, 15) is 34.1 Å². The van der Waals surface area contributed by atoms with Crippen LogP contribution in [0.4, 0.5) is 21.0 Å². The topological polar surface area (TPSA) is 246 Å². The fourth-order valence-corrected chi connectivity index (χ4v) is 4.98. The molecule has 0 bridgehead atoms. The number of hydrogen-bond acceptors (Lipinski definition) is 13. The van der Waals surface area contributed by atoms with E-state index in [0.717, 1.165) is 0 Å². The third-order valence-electron chi connectivity index (χ3n) is 7.88. The predicted octanol–water partition coefficient (Wildman–Crippen LogP) is 4.28. The Bertz CT molecular complexity index is 1530. The molecule has 2 aromatic rings. The van der Waals surface area contributed by atoms with Gasteiger partial charge in [-0.25, -0.2) is 9.59 Å². The van der Waals surface area contributed by atoms with E-state index in [-0.39, 0.29) is 74.7 Å². The van der Waals surface area contributed by atoms with Crippen molar-refractivity contribution in [1.82, 2.24) is 10.6 Å². The van der Waals surface area contributed by atoms with Gasteiger partial charge in [0.2, 0.25) is 11.8 Å². The zero-order valence-corrected chi connectivity index (χ0v) is 32.0. The van der Waals surface area contributed by atoms with Gasteiger partial charge in [0.25, 0.3) is 5.69 Å². The van der Waals surface area contributed by atoms with E-state index in [1.165, 1.54) is 24.3 Å². The number of hydrogen-bond donors (Lipinski definition) is 4. The molecule has 18 heteroatoms. The van der Waals surface area contributed by atoms with Crippen molar-refractivity contribution < 1.29 is 58.7 Å². The molecule has 2 atom stereocenters. The van der Waals surface area contributed by atoms with Crippen molar-refractivity contribution in [3.05, 3.63) is 64.2 Å². The molecule has 0 unspecified atom stereocenters. The van der Waals surface area contributed by atoms with E-state index in [2.05, 4.69) is 16.0 Å². The van der Waals surface area contributed by atoms with Gasteiger partial charge in [-0.05, 0) is 55.0 Å².